The van der Waals surface area contributed by atoms with E-state index in [-0.39, 0.29) is 17.8 Å². The Morgan fingerprint density at radius 2 is 1.62 bits per heavy atom. The first-order valence-corrected chi connectivity index (χ1v) is 10.1. The maximum Gasteiger partial charge on any atom is 0.319 e. The molecule has 3 amide bonds. The highest BCUT2D eigenvalue weighted by Crippen LogP contribution is 2.38. The van der Waals surface area contributed by atoms with E-state index in [0.29, 0.717) is 23.7 Å². The Hall–Kier alpha value is -2.89. The van der Waals surface area contributed by atoms with Crippen molar-refractivity contribution in [3.05, 3.63) is 65.5 Å². The minimum atomic E-state index is -0.478. The van der Waals surface area contributed by atoms with Gasteiger partial charge in [-0.2, -0.15) is 0 Å². The van der Waals surface area contributed by atoms with Crippen LogP contribution in [0.2, 0.25) is 0 Å². The topological polar surface area (TPSA) is 70.2 Å². The number of carbonyl (C=O) groups is 2. The Morgan fingerprint density at radius 3 is 2.21 bits per heavy atom. The van der Waals surface area contributed by atoms with E-state index < -0.39 is 5.54 Å². The van der Waals surface area contributed by atoms with Gasteiger partial charge < -0.3 is 16.0 Å². The number of rotatable bonds is 6. The molecule has 1 fully saturated rings. The summed E-state index contributed by atoms with van der Waals surface area (Å²) in [6.07, 6.45) is 3.66. The average Bonchev–Trinajstić information content (AvgIpc) is 3.16. The third-order valence-corrected chi connectivity index (χ3v) is 5.28. The number of anilines is 1. The first-order chi connectivity index (χ1) is 13.9. The van der Waals surface area contributed by atoms with Gasteiger partial charge in [-0.3, -0.25) is 4.79 Å². The number of carbonyl (C=O) groups excluding carboxylic acids is 2. The van der Waals surface area contributed by atoms with Crippen molar-refractivity contribution in [2.75, 3.05) is 11.9 Å². The van der Waals surface area contributed by atoms with E-state index in [1.165, 1.54) is 12.1 Å². The summed E-state index contributed by atoms with van der Waals surface area (Å²) in [4.78, 5) is 24.7. The van der Waals surface area contributed by atoms with E-state index in [1.807, 2.05) is 13.8 Å². The largest absolute Gasteiger partial charge is 0.352 e. The maximum absolute atomic E-state index is 13.3. The van der Waals surface area contributed by atoms with E-state index >= 15 is 0 Å². The molecule has 5 nitrogen and oxygen atoms in total. The van der Waals surface area contributed by atoms with Crippen LogP contribution in [0.4, 0.5) is 14.9 Å². The fraction of sp³-hybridized carbons (Fsp3) is 0.391. The number of amides is 3. The molecule has 1 aliphatic carbocycles. The number of nitrogens with one attached hydrogen (secondary N) is 3. The third kappa shape index (κ3) is 5.34. The summed E-state index contributed by atoms with van der Waals surface area (Å²) in [5.74, 6) is -0.0348. The highest BCUT2D eigenvalue weighted by atomic mass is 19.1. The summed E-state index contributed by atoms with van der Waals surface area (Å²) in [5, 5.41) is 8.80. The number of benzene rings is 2. The smallest absolute Gasteiger partial charge is 0.319 e. The number of hydrogen-bond donors (Lipinski definition) is 3. The summed E-state index contributed by atoms with van der Waals surface area (Å²) in [5.41, 5.74) is 1.60. The van der Waals surface area contributed by atoms with Gasteiger partial charge in [-0.25, -0.2) is 9.18 Å². The minimum Gasteiger partial charge on any atom is -0.352 e. The summed E-state index contributed by atoms with van der Waals surface area (Å²) < 4.78 is 13.3. The zero-order chi connectivity index (χ0) is 20.9. The Bertz CT molecular complexity index is 841. The lowest BCUT2D eigenvalue weighted by atomic mass is 9.88. The Balaban J connectivity index is 1.63. The van der Waals surface area contributed by atoms with Crippen LogP contribution >= 0.6 is 0 Å². The normalized spacial score (nSPS) is 15.2. The molecule has 0 aliphatic heterocycles. The Labute approximate surface area is 171 Å². The van der Waals surface area contributed by atoms with Crippen molar-refractivity contribution in [2.45, 2.75) is 45.1 Å². The van der Waals surface area contributed by atoms with Crippen LogP contribution in [-0.2, 0) is 5.54 Å². The molecule has 2 aromatic rings. The monoisotopic (exact) mass is 397 g/mol. The van der Waals surface area contributed by atoms with Gasteiger partial charge in [0.15, 0.2) is 0 Å². The fourth-order valence-electron chi connectivity index (χ4n) is 3.72. The number of halogens is 1. The van der Waals surface area contributed by atoms with Crippen LogP contribution in [0.15, 0.2) is 48.5 Å². The van der Waals surface area contributed by atoms with E-state index in [0.717, 1.165) is 31.2 Å². The van der Waals surface area contributed by atoms with Gasteiger partial charge in [0, 0.05) is 17.8 Å². The second kappa shape index (κ2) is 9.07. The molecule has 2 aromatic carbocycles. The average molecular weight is 397 g/mol. The van der Waals surface area contributed by atoms with Crippen molar-refractivity contribution in [1.29, 1.82) is 0 Å². The fourth-order valence-corrected chi connectivity index (χ4v) is 3.72. The van der Waals surface area contributed by atoms with Gasteiger partial charge in [-0.15, -0.1) is 0 Å². The van der Waals surface area contributed by atoms with E-state index in [2.05, 4.69) is 16.0 Å². The lowest BCUT2D eigenvalue weighted by molar-refractivity contribution is 0.0949. The molecular formula is C23H28FN3O2. The quantitative estimate of drug-likeness (QED) is 0.655. The third-order valence-electron chi connectivity index (χ3n) is 5.28. The molecule has 0 saturated heterocycles. The summed E-state index contributed by atoms with van der Waals surface area (Å²) in [6, 6.07) is 12.8. The van der Waals surface area contributed by atoms with Crippen LogP contribution in [0.25, 0.3) is 0 Å². The molecule has 29 heavy (non-hydrogen) atoms. The minimum absolute atomic E-state index is 0.129. The Morgan fingerprint density at radius 1 is 1.00 bits per heavy atom. The summed E-state index contributed by atoms with van der Waals surface area (Å²) >= 11 is 0. The predicted octanol–water partition coefficient (Wildman–Crippen LogP) is 4.80. The number of urea groups is 1. The molecule has 154 valence electrons. The highest BCUT2D eigenvalue weighted by molar-refractivity contribution is 5.95. The zero-order valence-corrected chi connectivity index (χ0v) is 16.9. The molecule has 0 atom stereocenters. The van der Waals surface area contributed by atoms with Crippen LogP contribution in [-0.4, -0.2) is 18.5 Å². The van der Waals surface area contributed by atoms with Gasteiger partial charge in [-0.1, -0.05) is 38.8 Å². The van der Waals surface area contributed by atoms with Crippen molar-refractivity contribution in [1.82, 2.24) is 10.6 Å². The van der Waals surface area contributed by atoms with Crippen molar-refractivity contribution in [3.8, 4) is 0 Å². The van der Waals surface area contributed by atoms with Crippen LogP contribution in [0.5, 0.6) is 0 Å². The molecule has 1 aliphatic rings. The zero-order valence-electron chi connectivity index (χ0n) is 16.9. The lowest BCUT2D eigenvalue weighted by Gasteiger charge is -2.31. The first-order valence-electron chi connectivity index (χ1n) is 10.1. The van der Waals surface area contributed by atoms with E-state index in [9.17, 15) is 14.0 Å². The van der Waals surface area contributed by atoms with Gasteiger partial charge in [0.25, 0.3) is 5.91 Å². The number of hydrogen-bond acceptors (Lipinski definition) is 2. The summed E-state index contributed by atoms with van der Waals surface area (Å²) in [7, 11) is 0. The van der Waals surface area contributed by atoms with Crippen LogP contribution in [0.3, 0.4) is 0 Å². The molecule has 0 bridgehead atoms. The van der Waals surface area contributed by atoms with Crippen LogP contribution < -0.4 is 16.0 Å². The lowest BCUT2D eigenvalue weighted by Crippen LogP contribution is -2.45. The van der Waals surface area contributed by atoms with E-state index in [4.69, 9.17) is 0 Å². The summed E-state index contributed by atoms with van der Waals surface area (Å²) in [6.45, 7) is 4.69. The second-order valence-corrected chi connectivity index (χ2v) is 8.06. The molecule has 1 saturated carbocycles. The van der Waals surface area contributed by atoms with Gasteiger partial charge in [-0.05, 0) is 60.7 Å². The molecule has 3 rings (SSSR count). The highest BCUT2D eigenvalue weighted by Gasteiger charge is 2.37. The van der Waals surface area contributed by atoms with Gasteiger partial charge in [0.05, 0.1) is 5.54 Å². The van der Waals surface area contributed by atoms with Crippen molar-refractivity contribution in [3.63, 3.8) is 0 Å². The maximum atomic E-state index is 13.3. The van der Waals surface area contributed by atoms with Gasteiger partial charge >= 0.3 is 6.03 Å². The Kier molecular flexibility index (Phi) is 6.52. The molecule has 3 N–H and O–H groups in total. The molecule has 0 radical (unpaired) electrons. The molecular weight excluding hydrogens is 369 g/mol. The SMILES string of the molecule is CC(C)CNC(=O)c1ccc(NC(=O)NC2(c3ccc(F)cc3)CCCC2)cc1. The van der Waals surface area contributed by atoms with E-state index in [1.54, 1.807) is 36.4 Å². The van der Waals surface area contributed by atoms with Gasteiger partial charge in [0.1, 0.15) is 5.82 Å². The van der Waals surface area contributed by atoms with Gasteiger partial charge in [0.2, 0.25) is 0 Å². The first kappa shape index (κ1) is 20.8. The van der Waals surface area contributed by atoms with Crippen molar-refractivity contribution in [2.24, 2.45) is 5.92 Å². The molecule has 0 aromatic heterocycles. The predicted molar refractivity (Wildman–Crippen MR) is 112 cm³/mol. The second-order valence-electron chi connectivity index (χ2n) is 8.06. The van der Waals surface area contributed by atoms with Crippen LogP contribution in [0, 0.1) is 11.7 Å². The molecule has 6 heteroatoms. The standard InChI is InChI=1S/C23H28FN3O2/c1-16(2)15-25-21(28)17-5-11-20(12-6-17)26-22(29)27-23(13-3-4-14-23)18-7-9-19(24)10-8-18/h5-12,16H,3-4,13-15H2,1-2H3,(H,25,28)(H2,26,27,29). The molecule has 0 spiro atoms. The van der Waals surface area contributed by atoms with Crippen LogP contribution in [0.1, 0.15) is 55.5 Å². The molecule has 0 heterocycles. The van der Waals surface area contributed by atoms with Crippen molar-refractivity contribution < 1.29 is 14.0 Å². The van der Waals surface area contributed by atoms with Crippen molar-refractivity contribution >= 4 is 17.6 Å². The molecule has 0 unspecified atom stereocenters.